The van der Waals surface area contributed by atoms with Crippen molar-refractivity contribution in [2.75, 3.05) is 19.0 Å². The van der Waals surface area contributed by atoms with Crippen LogP contribution in [0.25, 0.3) is 11.1 Å². The van der Waals surface area contributed by atoms with E-state index in [0.717, 1.165) is 17.1 Å². The van der Waals surface area contributed by atoms with Gasteiger partial charge >= 0.3 is 0 Å². The normalized spacial score (nSPS) is 10.2. The molecule has 0 bridgehead atoms. The van der Waals surface area contributed by atoms with E-state index in [1.807, 2.05) is 31.4 Å². The summed E-state index contributed by atoms with van der Waals surface area (Å²) in [6.45, 7) is 2.08. The summed E-state index contributed by atoms with van der Waals surface area (Å²) in [7, 11) is 3.86. The average molecular weight is 213 g/mol. The molecule has 0 atom stereocenters. The minimum atomic E-state index is 0.732. The van der Waals surface area contributed by atoms with Crippen LogP contribution in [0, 0.1) is 6.92 Å². The Bertz CT molecular complexity index is 458. The minimum absolute atomic E-state index is 0.732. The highest BCUT2D eigenvalue weighted by molar-refractivity contribution is 5.62. The number of aromatic nitrogens is 2. The summed E-state index contributed by atoms with van der Waals surface area (Å²) in [4.78, 5) is 10.5. The van der Waals surface area contributed by atoms with E-state index in [-0.39, 0.29) is 0 Å². The molecule has 0 spiro atoms. The second-order valence-corrected chi connectivity index (χ2v) is 4.03. The van der Waals surface area contributed by atoms with Crippen LogP contribution in [0.4, 0.5) is 5.95 Å². The summed E-state index contributed by atoms with van der Waals surface area (Å²) >= 11 is 0. The smallest absolute Gasteiger partial charge is 0.224 e. The van der Waals surface area contributed by atoms with Gasteiger partial charge in [0, 0.05) is 32.1 Å². The first-order chi connectivity index (χ1) is 7.66. The van der Waals surface area contributed by atoms with E-state index in [1.165, 1.54) is 5.56 Å². The van der Waals surface area contributed by atoms with Gasteiger partial charge in [0.25, 0.3) is 0 Å². The molecule has 0 unspecified atom stereocenters. The Morgan fingerprint density at radius 3 is 1.94 bits per heavy atom. The topological polar surface area (TPSA) is 29.0 Å². The van der Waals surface area contributed by atoms with Crippen LogP contribution in [0.15, 0.2) is 36.7 Å². The van der Waals surface area contributed by atoms with Crippen molar-refractivity contribution in [3.05, 3.63) is 42.2 Å². The standard InChI is InChI=1S/C13H15N3/c1-10-4-6-11(7-5-10)12-8-14-13(15-9-12)16(2)3/h4-9H,1-3H3. The van der Waals surface area contributed by atoms with Gasteiger partial charge in [-0.3, -0.25) is 0 Å². The Morgan fingerprint density at radius 2 is 1.44 bits per heavy atom. The van der Waals surface area contributed by atoms with Crippen molar-refractivity contribution in [3.63, 3.8) is 0 Å². The van der Waals surface area contributed by atoms with Gasteiger partial charge in [-0.15, -0.1) is 0 Å². The highest BCUT2D eigenvalue weighted by Crippen LogP contribution is 2.18. The van der Waals surface area contributed by atoms with Gasteiger partial charge in [-0.05, 0) is 12.5 Å². The molecular formula is C13H15N3. The molecule has 0 saturated carbocycles. The molecule has 0 N–H and O–H groups in total. The van der Waals surface area contributed by atoms with Gasteiger partial charge < -0.3 is 4.90 Å². The van der Waals surface area contributed by atoms with E-state index in [0.29, 0.717) is 0 Å². The third kappa shape index (κ3) is 2.19. The molecule has 16 heavy (non-hydrogen) atoms. The van der Waals surface area contributed by atoms with Gasteiger partial charge in [-0.1, -0.05) is 29.8 Å². The van der Waals surface area contributed by atoms with Gasteiger partial charge in [0.1, 0.15) is 0 Å². The number of rotatable bonds is 2. The van der Waals surface area contributed by atoms with Crippen molar-refractivity contribution in [1.29, 1.82) is 0 Å². The van der Waals surface area contributed by atoms with Crippen LogP contribution in [-0.2, 0) is 0 Å². The zero-order chi connectivity index (χ0) is 11.5. The third-order valence-corrected chi connectivity index (χ3v) is 2.42. The highest BCUT2D eigenvalue weighted by Gasteiger charge is 2.01. The van der Waals surface area contributed by atoms with E-state index in [2.05, 4.69) is 41.2 Å². The molecule has 3 heteroatoms. The first-order valence-electron chi connectivity index (χ1n) is 5.23. The van der Waals surface area contributed by atoms with E-state index in [4.69, 9.17) is 0 Å². The van der Waals surface area contributed by atoms with Gasteiger partial charge in [-0.2, -0.15) is 0 Å². The SMILES string of the molecule is Cc1ccc(-c2cnc(N(C)C)nc2)cc1. The molecule has 1 aromatic heterocycles. The second kappa shape index (κ2) is 4.31. The first-order valence-corrected chi connectivity index (χ1v) is 5.23. The van der Waals surface area contributed by atoms with Crippen LogP contribution in [0.3, 0.4) is 0 Å². The zero-order valence-corrected chi connectivity index (χ0v) is 9.81. The van der Waals surface area contributed by atoms with Crippen molar-refractivity contribution in [1.82, 2.24) is 9.97 Å². The monoisotopic (exact) mass is 213 g/mol. The summed E-state index contributed by atoms with van der Waals surface area (Å²) in [5.74, 6) is 0.732. The number of aryl methyl sites for hydroxylation is 1. The molecule has 0 aliphatic rings. The first kappa shape index (κ1) is 10.6. The predicted octanol–water partition coefficient (Wildman–Crippen LogP) is 2.52. The van der Waals surface area contributed by atoms with Crippen LogP contribution in [0.2, 0.25) is 0 Å². The van der Waals surface area contributed by atoms with Crippen molar-refractivity contribution in [2.45, 2.75) is 6.92 Å². The lowest BCUT2D eigenvalue weighted by atomic mass is 10.1. The maximum Gasteiger partial charge on any atom is 0.224 e. The van der Waals surface area contributed by atoms with Crippen LogP contribution >= 0.6 is 0 Å². The quantitative estimate of drug-likeness (QED) is 0.767. The summed E-state index contributed by atoms with van der Waals surface area (Å²) in [5, 5.41) is 0. The lowest BCUT2D eigenvalue weighted by molar-refractivity contribution is 1.000. The van der Waals surface area contributed by atoms with Gasteiger partial charge in [0.15, 0.2) is 0 Å². The van der Waals surface area contributed by atoms with Crippen molar-refractivity contribution < 1.29 is 0 Å². The fraction of sp³-hybridized carbons (Fsp3) is 0.231. The summed E-state index contributed by atoms with van der Waals surface area (Å²) < 4.78 is 0. The second-order valence-electron chi connectivity index (χ2n) is 4.03. The van der Waals surface area contributed by atoms with Crippen LogP contribution < -0.4 is 4.90 Å². The molecule has 1 heterocycles. The van der Waals surface area contributed by atoms with Crippen LogP contribution in [-0.4, -0.2) is 24.1 Å². The molecule has 82 valence electrons. The predicted molar refractivity (Wildman–Crippen MR) is 66.5 cm³/mol. The Labute approximate surface area is 95.8 Å². The van der Waals surface area contributed by atoms with Crippen molar-refractivity contribution >= 4 is 5.95 Å². The van der Waals surface area contributed by atoms with Gasteiger partial charge in [0.2, 0.25) is 5.95 Å². The molecule has 2 rings (SSSR count). The number of nitrogens with zero attached hydrogens (tertiary/aromatic N) is 3. The average Bonchev–Trinajstić information content (AvgIpc) is 2.30. The van der Waals surface area contributed by atoms with Gasteiger partial charge in [-0.25, -0.2) is 9.97 Å². The number of hydrogen-bond donors (Lipinski definition) is 0. The Kier molecular flexibility index (Phi) is 2.86. The lowest BCUT2D eigenvalue weighted by Crippen LogP contribution is -2.12. The minimum Gasteiger partial charge on any atom is -0.347 e. The van der Waals surface area contributed by atoms with E-state index >= 15 is 0 Å². The molecule has 0 radical (unpaired) electrons. The zero-order valence-electron chi connectivity index (χ0n) is 9.81. The molecule has 0 saturated heterocycles. The number of anilines is 1. The molecular weight excluding hydrogens is 198 g/mol. The fourth-order valence-corrected chi connectivity index (χ4v) is 1.45. The number of benzene rings is 1. The van der Waals surface area contributed by atoms with Gasteiger partial charge in [0.05, 0.1) is 0 Å². The molecule has 1 aromatic carbocycles. The molecule has 0 aliphatic carbocycles. The van der Waals surface area contributed by atoms with Crippen LogP contribution in [0.5, 0.6) is 0 Å². The summed E-state index contributed by atoms with van der Waals surface area (Å²) in [5.41, 5.74) is 3.45. The summed E-state index contributed by atoms with van der Waals surface area (Å²) in [6.07, 6.45) is 3.71. The molecule has 2 aromatic rings. The van der Waals surface area contributed by atoms with E-state index < -0.39 is 0 Å². The Balaban J connectivity index is 2.31. The van der Waals surface area contributed by atoms with Crippen LogP contribution in [0.1, 0.15) is 5.56 Å². The largest absolute Gasteiger partial charge is 0.347 e. The maximum absolute atomic E-state index is 4.29. The Hall–Kier alpha value is -1.90. The van der Waals surface area contributed by atoms with Crippen molar-refractivity contribution in [2.24, 2.45) is 0 Å². The van der Waals surface area contributed by atoms with E-state index in [9.17, 15) is 0 Å². The highest BCUT2D eigenvalue weighted by atomic mass is 15.2. The maximum atomic E-state index is 4.29. The number of hydrogen-bond acceptors (Lipinski definition) is 3. The fourth-order valence-electron chi connectivity index (χ4n) is 1.45. The Morgan fingerprint density at radius 1 is 0.875 bits per heavy atom. The summed E-state index contributed by atoms with van der Waals surface area (Å²) in [6, 6.07) is 8.36. The van der Waals surface area contributed by atoms with E-state index in [1.54, 1.807) is 0 Å². The third-order valence-electron chi connectivity index (χ3n) is 2.42. The van der Waals surface area contributed by atoms with Crippen molar-refractivity contribution in [3.8, 4) is 11.1 Å². The molecule has 0 aliphatic heterocycles. The lowest BCUT2D eigenvalue weighted by Gasteiger charge is -2.09. The molecule has 0 fully saturated rings. The molecule has 0 amide bonds. The molecule has 3 nitrogen and oxygen atoms in total.